The minimum atomic E-state index is 0.0127. The van der Waals surface area contributed by atoms with E-state index in [1.165, 1.54) is 25.7 Å². The van der Waals surface area contributed by atoms with Crippen molar-refractivity contribution in [2.45, 2.75) is 77.5 Å². The Morgan fingerprint density at radius 1 is 1.17 bits per heavy atom. The molecule has 0 aliphatic heterocycles. The molecule has 0 amide bonds. The molecule has 18 heavy (non-hydrogen) atoms. The lowest BCUT2D eigenvalue weighted by Gasteiger charge is -2.38. The summed E-state index contributed by atoms with van der Waals surface area (Å²) in [7, 11) is 0. The Hall–Kier alpha value is -0.120. The van der Waals surface area contributed by atoms with Gasteiger partial charge in [-0.1, -0.05) is 19.8 Å². The predicted molar refractivity (Wildman–Crippen MR) is 76.0 cm³/mol. The van der Waals surface area contributed by atoms with Gasteiger partial charge in [-0.2, -0.15) is 0 Å². The third-order valence-electron chi connectivity index (χ3n) is 3.75. The maximum atomic E-state index is 6.14. The van der Waals surface area contributed by atoms with E-state index in [1.54, 1.807) is 0 Å². The van der Waals surface area contributed by atoms with Crippen LogP contribution in [-0.2, 0) is 9.47 Å². The Labute approximate surface area is 113 Å². The highest BCUT2D eigenvalue weighted by molar-refractivity contribution is 4.97. The number of rotatable bonds is 9. The van der Waals surface area contributed by atoms with Gasteiger partial charge in [0.05, 0.1) is 24.4 Å². The van der Waals surface area contributed by atoms with Gasteiger partial charge in [0.25, 0.3) is 0 Å². The van der Waals surface area contributed by atoms with Gasteiger partial charge in [0, 0.05) is 6.61 Å². The van der Waals surface area contributed by atoms with Gasteiger partial charge >= 0.3 is 0 Å². The summed E-state index contributed by atoms with van der Waals surface area (Å²) >= 11 is 0. The van der Waals surface area contributed by atoms with Crippen molar-refractivity contribution >= 4 is 0 Å². The van der Waals surface area contributed by atoms with E-state index in [0.29, 0.717) is 6.04 Å². The standard InChI is InChI=1S/C15H31NO2/c1-5-11-16-14(12-17-13(3)4)15(18-6-2)9-7-8-10-15/h13-14,16H,5-12H2,1-4H3. The molecule has 3 heteroatoms. The SMILES string of the molecule is CCCNC(COC(C)C)C1(OCC)CCCC1. The van der Waals surface area contributed by atoms with Crippen LogP contribution in [0, 0.1) is 0 Å². The molecule has 1 atom stereocenters. The summed E-state index contributed by atoms with van der Waals surface area (Å²) < 4.78 is 12.0. The van der Waals surface area contributed by atoms with Gasteiger partial charge in [0.2, 0.25) is 0 Å². The molecule has 3 nitrogen and oxygen atoms in total. The van der Waals surface area contributed by atoms with Crippen LogP contribution >= 0.6 is 0 Å². The molecule has 1 saturated carbocycles. The second kappa shape index (κ2) is 8.13. The van der Waals surface area contributed by atoms with Crippen LogP contribution in [0.2, 0.25) is 0 Å². The van der Waals surface area contributed by atoms with Crippen LogP contribution in [0.1, 0.15) is 59.8 Å². The summed E-state index contributed by atoms with van der Waals surface area (Å²) in [5, 5.41) is 3.64. The molecular weight excluding hydrogens is 226 g/mol. The van der Waals surface area contributed by atoms with Crippen molar-refractivity contribution in [3.63, 3.8) is 0 Å². The molecule has 1 aliphatic carbocycles. The Morgan fingerprint density at radius 3 is 2.33 bits per heavy atom. The molecule has 0 aromatic carbocycles. The van der Waals surface area contributed by atoms with Crippen molar-refractivity contribution in [3.8, 4) is 0 Å². The van der Waals surface area contributed by atoms with Crippen LogP contribution in [0.4, 0.5) is 0 Å². The Bertz CT molecular complexity index is 213. The fourth-order valence-electron chi connectivity index (χ4n) is 2.86. The van der Waals surface area contributed by atoms with Gasteiger partial charge in [-0.05, 0) is 46.6 Å². The highest BCUT2D eigenvalue weighted by atomic mass is 16.5. The fraction of sp³-hybridized carbons (Fsp3) is 1.00. The monoisotopic (exact) mass is 257 g/mol. The van der Waals surface area contributed by atoms with E-state index in [4.69, 9.17) is 9.47 Å². The van der Waals surface area contributed by atoms with Gasteiger partial charge in [-0.25, -0.2) is 0 Å². The van der Waals surface area contributed by atoms with Crippen molar-refractivity contribution in [2.24, 2.45) is 0 Å². The van der Waals surface area contributed by atoms with Gasteiger partial charge in [-0.3, -0.25) is 0 Å². The molecule has 1 N–H and O–H groups in total. The Balaban J connectivity index is 2.64. The molecule has 0 heterocycles. The van der Waals surface area contributed by atoms with E-state index in [2.05, 4.69) is 33.0 Å². The molecule has 0 radical (unpaired) electrons. The van der Waals surface area contributed by atoms with Crippen molar-refractivity contribution in [1.82, 2.24) is 5.32 Å². The summed E-state index contributed by atoms with van der Waals surface area (Å²) in [6.07, 6.45) is 6.35. The van der Waals surface area contributed by atoms with Crippen LogP contribution < -0.4 is 5.32 Å². The van der Waals surface area contributed by atoms with Gasteiger partial charge in [0.15, 0.2) is 0 Å². The summed E-state index contributed by atoms with van der Waals surface area (Å²) in [5.74, 6) is 0. The lowest BCUT2D eigenvalue weighted by molar-refractivity contribution is -0.0859. The largest absolute Gasteiger partial charge is 0.377 e. The van der Waals surface area contributed by atoms with Crippen LogP contribution in [0.15, 0.2) is 0 Å². The normalized spacial score (nSPS) is 20.5. The third-order valence-corrected chi connectivity index (χ3v) is 3.75. The van der Waals surface area contributed by atoms with Crippen molar-refractivity contribution in [3.05, 3.63) is 0 Å². The van der Waals surface area contributed by atoms with Crippen molar-refractivity contribution in [2.75, 3.05) is 19.8 Å². The quantitative estimate of drug-likeness (QED) is 0.688. The minimum Gasteiger partial charge on any atom is -0.377 e. The van der Waals surface area contributed by atoms with Gasteiger partial charge in [-0.15, -0.1) is 0 Å². The Morgan fingerprint density at radius 2 is 1.83 bits per heavy atom. The Kier molecular flexibility index (Phi) is 7.20. The number of nitrogens with one attached hydrogen (secondary N) is 1. The predicted octanol–water partition coefficient (Wildman–Crippen LogP) is 3.13. The maximum Gasteiger partial charge on any atom is 0.0857 e. The molecule has 0 aromatic rings. The summed E-state index contributed by atoms with van der Waals surface area (Å²) in [6.45, 7) is 11.1. The van der Waals surface area contributed by atoms with Gasteiger partial charge < -0.3 is 14.8 Å². The number of ether oxygens (including phenoxy) is 2. The number of hydrogen-bond acceptors (Lipinski definition) is 3. The summed E-state index contributed by atoms with van der Waals surface area (Å²) in [4.78, 5) is 0. The molecule has 1 fully saturated rings. The highest BCUT2D eigenvalue weighted by Gasteiger charge is 2.42. The van der Waals surface area contributed by atoms with Crippen molar-refractivity contribution in [1.29, 1.82) is 0 Å². The molecule has 1 aliphatic rings. The lowest BCUT2D eigenvalue weighted by atomic mass is 9.92. The zero-order chi connectivity index (χ0) is 13.4. The third kappa shape index (κ3) is 4.52. The topological polar surface area (TPSA) is 30.5 Å². The first-order valence-corrected chi connectivity index (χ1v) is 7.63. The molecule has 1 unspecified atom stereocenters. The highest BCUT2D eigenvalue weighted by Crippen LogP contribution is 2.36. The van der Waals surface area contributed by atoms with Crippen molar-refractivity contribution < 1.29 is 9.47 Å². The van der Waals surface area contributed by atoms with Crippen LogP contribution in [-0.4, -0.2) is 37.5 Å². The zero-order valence-electron chi connectivity index (χ0n) is 12.6. The average Bonchev–Trinajstić information content (AvgIpc) is 2.79. The first-order valence-electron chi connectivity index (χ1n) is 7.63. The van der Waals surface area contributed by atoms with E-state index in [1.807, 2.05) is 0 Å². The molecular formula is C15H31NO2. The fourth-order valence-corrected chi connectivity index (χ4v) is 2.86. The lowest BCUT2D eigenvalue weighted by Crippen LogP contribution is -2.54. The first-order chi connectivity index (χ1) is 8.64. The average molecular weight is 257 g/mol. The van der Waals surface area contributed by atoms with E-state index >= 15 is 0 Å². The second-order valence-corrected chi connectivity index (χ2v) is 5.59. The van der Waals surface area contributed by atoms with Crippen LogP contribution in [0.5, 0.6) is 0 Å². The maximum absolute atomic E-state index is 6.14. The summed E-state index contributed by atoms with van der Waals surface area (Å²) in [6, 6.07) is 0.335. The molecule has 1 rings (SSSR count). The van der Waals surface area contributed by atoms with E-state index in [9.17, 15) is 0 Å². The zero-order valence-corrected chi connectivity index (χ0v) is 12.6. The minimum absolute atomic E-state index is 0.0127. The molecule has 0 aromatic heterocycles. The second-order valence-electron chi connectivity index (χ2n) is 5.59. The molecule has 0 spiro atoms. The smallest absolute Gasteiger partial charge is 0.0857 e. The number of hydrogen-bond donors (Lipinski definition) is 1. The molecule has 0 saturated heterocycles. The molecule has 108 valence electrons. The van der Waals surface area contributed by atoms with Gasteiger partial charge in [0.1, 0.15) is 0 Å². The van der Waals surface area contributed by atoms with E-state index in [0.717, 1.165) is 26.2 Å². The first kappa shape index (κ1) is 15.9. The van der Waals surface area contributed by atoms with E-state index < -0.39 is 0 Å². The summed E-state index contributed by atoms with van der Waals surface area (Å²) in [5.41, 5.74) is 0.0127. The van der Waals surface area contributed by atoms with Crippen LogP contribution in [0.3, 0.4) is 0 Å². The van der Waals surface area contributed by atoms with Crippen LogP contribution in [0.25, 0.3) is 0 Å². The van der Waals surface area contributed by atoms with E-state index in [-0.39, 0.29) is 11.7 Å². The molecule has 0 bridgehead atoms.